The maximum absolute atomic E-state index is 12.7. The normalized spacial score (nSPS) is 11.2. The Labute approximate surface area is 274 Å². The van der Waals surface area contributed by atoms with Crippen LogP contribution in [0.5, 0.6) is 11.5 Å². The highest BCUT2D eigenvalue weighted by Gasteiger charge is 2.17. The van der Waals surface area contributed by atoms with Crippen LogP contribution < -0.4 is 29.6 Å². The molecule has 0 saturated heterocycles. The van der Waals surface area contributed by atoms with E-state index in [9.17, 15) is 16.8 Å². The summed E-state index contributed by atoms with van der Waals surface area (Å²) in [5, 5.41) is 5.67. The van der Waals surface area contributed by atoms with E-state index in [0.717, 1.165) is 11.1 Å². The Balaban J connectivity index is 1.27. The van der Waals surface area contributed by atoms with Crippen LogP contribution in [0.1, 0.15) is 25.0 Å². The Bertz CT molecular complexity index is 1690. The second-order valence-corrected chi connectivity index (χ2v) is 13.7. The lowest BCUT2D eigenvalue weighted by Crippen LogP contribution is -2.34. The Morgan fingerprint density at radius 3 is 1.20 bits per heavy atom. The molecule has 10 nitrogen and oxygen atoms in total. The number of anilines is 2. The van der Waals surface area contributed by atoms with Crippen LogP contribution in [-0.4, -0.2) is 40.3 Å². The van der Waals surface area contributed by atoms with Crippen molar-refractivity contribution in [1.82, 2.24) is 9.44 Å². The minimum Gasteiger partial charge on any atom is -0.494 e. The summed E-state index contributed by atoms with van der Waals surface area (Å²) >= 11 is 10.4. The molecule has 0 bridgehead atoms. The Hall–Kier alpha value is -4.24. The Kier molecular flexibility index (Phi) is 11.3. The van der Waals surface area contributed by atoms with Gasteiger partial charge in [-0.3, -0.25) is 9.44 Å². The molecule has 4 N–H and O–H groups in total. The number of hydrogen-bond acceptors (Lipinski definition) is 8. The lowest BCUT2D eigenvalue weighted by molar-refractivity contribution is 0.340. The number of rotatable bonds is 12. The second kappa shape index (κ2) is 15.2. The van der Waals surface area contributed by atoms with E-state index in [-0.39, 0.29) is 20.0 Å². The SMILES string of the molecule is CCOc1ccc(S(=O)(=O)NC(=S)Nc2ccc(Cc3ccc(NC(=S)NS(=O)(=O)c4ccc(OCC)cc4)cc3)cc2)cc1. The van der Waals surface area contributed by atoms with Crippen molar-refractivity contribution < 1.29 is 26.3 Å². The zero-order chi connectivity index (χ0) is 32.5. The molecule has 0 heterocycles. The molecule has 0 atom stereocenters. The van der Waals surface area contributed by atoms with E-state index in [4.69, 9.17) is 33.9 Å². The van der Waals surface area contributed by atoms with Gasteiger partial charge in [-0.1, -0.05) is 24.3 Å². The topological polar surface area (TPSA) is 135 Å². The third-order valence-electron chi connectivity index (χ3n) is 6.18. The van der Waals surface area contributed by atoms with Gasteiger partial charge in [0.1, 0.15) is 11.5 Å². The lowest BCUT2D eigenvalue weighted by Gasteiger charge is -2.13. The minimum atomic E-state index is -3.86. The maximum Gasteiger partial charge on any atom is 0.263 e. The maximum atomic E-state index is 12.7. The van der Waals surface area contributed by atoms with Gasteiger partial charge in [-0.15, -0.1) is 0 Å². The van der Waals surface area contributed by atoms with Crippen LogP contribution in [0.4, 0.5) is 11.4 Å². The molecule has 0 fully saturated rings. The molecule has 0 aromatic heterocycles. The van der Waals surface area contributed by atoms with E-state index in [0.29, 0.717) is 42.5 Å². The standard InChI is InChI=1S/C31H32N4O6S4/c1-3-40-26-13-17-28(18-14-26)44(36,37)34-30(42)32-24-9-5-22(6-10-24)21-23-7-11-25(12-8-23)33-31(43)35-45(38,39)29-19-15-27(16-20-29)41-4-2/h5-20H,3-4,21H2,1-2H3,(H2,32,34,42)(H2,33,35,43). The molecule has 0 aliphatic carbocycles. The number of ether oxygens (including phenoxy) is 2. The van der Waals surface area contributed by atoms with Crippen LogP contribution in [-0.2, 0) is 26.5 Å². The number of thiocarbonyl (C=S) groups is 2. The summed E-state index contributed by atoms with van der Waals surface area (Å²) in [6.07, 6.45) is 0.629. The van der Waals surface area contributed by atoms with Crippen molar-refractivity contribution in [2.45, 2.75) is 30.1 Å². The molecule has 0 unspecified atom stereocenters. The third-order valence-corrected chi connectivity index (χ3v) is 9.57. The molecule has 0 aliphatic rings. The molecule has 0 saturated carbocycles. The summed E-state index contributed by atoms with van der Waals surface area (Å²) in [7, 11) is -7.71. The van der Waals surface area contributed by atoms with Gasteiger partial charge in [-0.25, -0.2) is 16.8 Å². The molecule has 4 aromatic carbocycles. The molecule has 0 aliphatic heterocycles. The van der Waals surface area contributed by atoms with Crippen LogP contribution in [0.25, 0.3) is 0 Å². The highest BCUT2D eigenvalue weighted by atomic mass is 32.2. The minimum absolute atomic E-state index is 0.0561. The van der Waals surface area contributed by atoms with Crippen molar-refractivity contribution in [2.24, 2.45) is 0 Å². The first-order valence-electron chi connectivity index (χ1n) is 13.8. The first kappa shape index (κ1) is 33.6. The molecule has 4 aromatic rings. The van der Waals surface area contributed by atoms with E-state index in [1.165, 1.54) is 24.3 Å². The van der Waals surface area contributed by atoms with Gasteiger partial charge in [-0.05, 0) is 129 Å². The average molecular weight is 685 g/mol. The average Bonchev–Trinajstić information content (AvgIpc) is 2.99. The third kappa shape index (κ3) is 9.88. The largest absolute Gasteiger partial charge is 0.494 e. The van der Waals surface area contributed by atoms with Gasteiger partial charge < -0.3 is 20.1 Å². The molecule has 4 rings (SSSR count). The van der Waals surface area contributed by atoms with Crippen molar-refractivity contribution >= 4 is 66.1 Å². The summed E-state index contributed by atoms with van der Waals surface area (Å²) in [4.78, 5) is 0.137. The molecule has 0 spiro atoms. The fourth-order valence-electron chi connectivity index (χ4n) is 4.09. The van der Waals surface area contributed by atoms with Crippen LogP contribution in [0.3, 0.4) is 0 Å². The van der Waals surface area contributed by atoms with E-state index in [2.05, 4.69) is 20.1 Å². The zero-order valence-corrected chi connectivity index (χ0v) is 27.7. The van der Waals surface area contributed by atoms with Crippen LogP contribution >= 0.6 is 24.4 Å². The van der Waals surface area contributed by atoms with Gasteiger partial charge in [0.25, 0.3) is 20.0 Å². The first-order chi connectivity index (χ1) is 21.5. The number of sulfonamides is 2. The van der Waals surface area contributed by atoms with Crippen LogP contribution in [0.2, 0.25) is 0 Å². The predicted molar refractivity (Wildman–Crippen MR) is 184 cm³/mol. The van der Waals surface area contributed by atoms with E-state index in [1.54, 1.807) is 48.5 Å². The molecule has 45 heavy (non-hydrogen) atoms. The second-order valence-electron chi connectivity index (χ2n) is 9.50. The summed E-state index contributed by atoms with van der Waals surface area (Å²) < 4.78 is 66.1. The molecular weight excluding hydrogens is 653 g/mol. The van der Waals surface area contributed by atoms with Crippen molar-refractivity contribution in [3.8, 4) is 11.5 Å². The molecule has 14 heteroatoms. The Morgan fingerprint density at radius 2 is 0.889 bits per heavy atom. The first-order valence-corrected chi connectivity index (χ1v) is 17.6. The monoisotopic (exact) mass is 684 g/mol. The van der Waals surface area contributed by atoms with E-state index in [1.807, 2.05) is 38.1 Å². The van der Waals surface area contributed by atoms with Gasteiger partial charge in [0.2, 0.25) is 0 Å². The van der Waals surface area contributed by atoms with Gasteiger partial charge in [0, 0.05) is 11.4 Å². The highest BCUT2D eigenvalue weighted by Crippen LogP contribution is 2.19. The molecular formula is C31H32N4O6S4. The van der Waals surface area contributed by atoms with Crippen LogP contribution in [0, 0.1) is 0 Å². The van der Waals surface area contributed by atoms with E-state index >= 15 is 0 Å². The lowest BCUT2D eigenvalue weighted by atomic mass is 10.0. The van der Waals surface area contributed by atoms with Crippen molar-refractivity contribution in [3.05, 3.63) is 108 Å². The van der Waals surface area contributed by atoms with Gasteiger partial charge in [0.15, 0.2) is 10.2 Å². The Morgan fingerprint density at radius 1 is 0.556 bits per heavy atom. The quantitative estimate of drug-likeness (QED) is 0.143. The fraction of sp³-hybridized carbons (Fsp3) is 0.161. The van der Waals surface area contributed by atoms with Gasteiger partial charge in [0.05, 0.1) is 23.0 Å². The zero-order valence-electron chi connectivity index (χ0n) is 24.4. The fourth-order valence-corrected chi connectivity index (χ4v) is 6.79. The highest BCUT2D eigenvalue weighted by molar-refractivity contribution is 7.92. The van der Waals surface area contributed by atoms with Crippen LogP contribution in [0.15, 0.2) is 107 Å². The summed E-state index contributed by atoms with van der Waals surface area (Å²) in [5.74, 6) is 1.16. The number of hydrogen-bond donors (Lipinski definition) is 4. The van der Waals surface area contributed by atoms with Crippen molar-refractivity contribution in [2.75, 3.05) is 23.8 Å². The van der Waals surface area contributed by atoms with Crippen molar-refractivity contribution in [3.63, 3.8) is 0 Å². The number of benzene rings is 4. The van der Waals surface area contributed by atoms with Gasteiger partial charge >= 0.3 is 0 Å². The summed E-state index contributed by atoms with van der Waals surface area (Å²) in [5.41, 5.74) is 3.28. The molecule has 0 amide bonds. The predicted octanol–water partition coefficient (Wildman–Crippen LogP) is 5.43. The van der Waals surface area contributed by atoms with Crippen molar-refractivity contribution in [1.29, 1.82) is 0 Å². The summed E-state index contributed by atoms with van der Waals surface area (Å²) in [6, 6.07) is 27.0. The number of nitrogens with one attached hydrogen (secondary N) is 4. The van der Waals surface area contributed by atoms with E-state index < -0.39 is 20.0 Å². The smallest absolute Gasteiger partial charge is 0.263 e. The molecule has 0 radical (unpaired) electrons. The summed E-state index contributed by atoms with van der Waals surface area (Å²) in [6.45, 7) is 4.66. The van der Waals surface area contributed by atoms with Gasteiger partial charge in [-0.2, -0.15) is 0 Å². The molecule has 236 valence electrons.